The predicted molar refractivity (Wildman–Crippen MR) is 144 cm³/mol. The first-order chi connectivity index (χ1) is 17.0. The minimum Gasteiger partial charge on any atom is -0.377 e. The van der Waals surface area contributed by atoms with Crippen LogP contribution in [0, 0.1) is 6.92 Å². The SMILES string of the molecule is Cc1ccc(S(=O)(=O)Oc2c(Br)cc(/C=C3\C(=O)NC(=O)N(c4ccc(Br)cc4)C3=O)cc2Br)cc1. The number of hydrogen-bond donors (Lipinski definition) is 1. The summed E-state index contributed by atoms with van der Waals surface area (Å²) in [7, 11) is -4.12. The van der Waals surface area contributed by atoms with E-state index >= 15 is 0 Å². The number of nitrogens with one attached hydrogen (secondary N) is 1. The molecular weight excluding hydrogens is 684 g/mol. The number of carbonyl (C=O) groups is 3. The lowest BCUT2D eigenvalue weighted by molar-refractivity contribution is -0.122. The van der Waals surface area contributed by atoms with E-state index in [1.54, 1.807) is 36.4 Å². The number of barbiturate groups is 1. The van der Waals surface area contributed by atoms with Crippen LogP contribution in [0.5, 0.6) is 5.75 Å². The van der Waals surface area contributed by atoms with Gasteiger partial charge >= 0.3 is 16.1 Å². The average Bonchev–Trinajstić information content (AvgIpc) is 2.80. The summed E-state index contributed by atoms with van der Waals surface area (Å²) in [6.07, 6.45) is 1.30. The molecule has 0 unspecified atom stereocenters. The lowest BCUT2D eigenvalue weighted by Crippen LogP contribution is -2.54. The Morgan fingerprint density at radius 3 is 2.06 bits per heavy atom. The number of aryl methyl sites for hydroxylation is 1. The van der Waals surface area contributed by atoms with Crippen LogP contribution in [0.3, 0.4) is 0 Å². The van der Waals surface area contributed by atoms with Crippen LogP contribution in [-0.2, 0) is 19.7 Å². The maximum atomic E-state index is 13.1. The van der Waals surface area contributed by atoms with Crippen molar-refractivity contribution in [3.05, 3.63) is 90.8 Å². The van der Waals surface area contributed by atoms with E-state index in [0.717, 1.165) is 14.9 Å². The summed E-state index contributed by atoms with van der Waals surface area (Å²) in [6.45, 7) is 1.84. The van der Waals surface area contributed by atoms with Gasteiger partial charge in [0.2, 0.25) is 0 Å². The first-order valence-electron chi connectivity index (χ1n) is 10.1. The van der Waals surface area contributed by atoms with Crippen molar-refractivity contribution in [3.63, 3.8) is 0 Å². The molecule has 8 nitrogen and oxygen atoms in total. The number of nitrogens with zero attached hydrogens (tertiary/aromatic N) is 1. The largest absolute Gasteiger partial charge is 0.377 e. The van der Waals surface area contributed by atoms with Crippen molar-refractivity contribution in [1.29, 1.82) is 0 Å². The molecule has 12 heteroatoms. The predicted octanol–water partition coefficient (Wildman–Crippen LogP) is 5.72. The Morgan fingerprint density at radius 2 is 1.47 bits per heavy atom. The van der Waals surface area contributed by atoms with E-state index in [-0.39, 0.29) is 30.9 Å². The smallest absolute Gasteiger partial charge is 0.339 e. The van der Waals surface area contributed by atoms with Gasteiger partial charge in [-0.1, -0.05) is 33.6 Å². The molecule has 3 aromatic rings. The number of benzene rings is 3. The van der Waals surface area contributed by atoms with Gasteiger partial charge in [-0.2, -0.15) is 8.42 Å². The number of anilines is 1. The van der Waals surface area contributed by atoms with Gasteiger partial charge in [-0.05, 0) is 99.0 Å². The number of halogens is 3. The minimum atomic E-state index is -4.12. The molecule has 1 aliphatic heterocycles. The van der Waals surface area contributed by atoms with E-state index in [9.17, 15) is 22.8 Å². The number of rotatable bonds is 5. The van der Waals surface area contributed by atoms with E-state index in [1.807, 2.05) is 6.92 Å². The number of urea groups is 1. The highest BCUT2D eigenvalue weighted by atomic mass is 79.9. The maximum absolute atomic E-state index is 13.1. The molecule has 1 N–H and O–H groups in total. The number of carbonyl (C=O) groups excluding carboxylic acids is 3. The van der Waals surface area contributed by atoms with E-state index in [2.05, 4.69) is 53.1 Å². The van der Waals surface area contributed by atoms with Crippen LogP contribution in [0.4, 0.5) is 10.5 Å². The van der Waals surface area contributed by atoms with Gasteiger partial charge in [0.05, 0.1) is 14.6 Å². The molecule has 184 valence electrons. The Hall–Kier alpha value is -2.80. The first kappa shape index (κ1) is 26.3. The third-order valence-corrected chi connectivity index (χ3v) is 7.96. The molecule has 36 heavy (non-hydrogen) atoms. The lowest BCUT2D eigenvalue weighted by atomic mass is 10.1. The highest BCUT2D eigenvalue weighted by molar-refractivity contribution is 9.11. The molecule has 4 amide bonds. The minimum absolute atomic E-state index is 0.0104. The molecule has 1 fully saturated rings. The number of imide groups is 2. The molecular formula is C24H15Br3N2O6S. The van der Waals surface area contributed by atoms with Gasteiger partial charge in [-0.3, -0.25) is 14.9 Å². The molecule has 0 aromatic heterocycles. The van der Waals surface area contributed by atoms with Gasteiger partial charge < -0.3 is 4.18 Å². The lowest BCUT2D eigenvalue weighted by Gasteiger charge is -2.26. The molecule has 1 saturated heterocycles. The zero-order chi connectivity index (χ0) is 26.2. The Bertz CT molecular complexity index is 1510. The van der Waals surface area contributed by atoms with Crippen LogP contribution in [0.25, 0.3) is 6.08 Å². The van der Waals surface area contributed by atoms with Crippen LogP contribution < -0.4 is 14.4 Å². The van der Waals surface area contributed by atoms with Gasteiger partial charge in [0.15, 0.2) is 5.75 Å². The fourth-order valence-electron chi connectivity index (χ4n) is 3.25. The van der Waals surface area contributed by atoms with Gasteiger partial charge in [0, 0.05) is 4.47 Å². The van der Waals surface area contributed by atoms with Crippen LogP contribution in [0.15, 0.2) is 84.6 Å². The zero-order valence-electron chi connectivity index (χ0n) is 18.3. The van der Waals surface area contributed by atoms with Crippen molar-refractivity contribution >= 4 is 87.5 Å². The molecule has 1 aliphatic rings. The van der Waals surface area contributed by atoms with E-state index in [1.165, 1.54) is 30.3 Å². The fraction of sp³-hybridized carbons (Fsp3) is 0.0417. The highest BCUT2D eigenvalue weighted by Crippen LogP contribution is 2.37. The quantitative estimate of drug-likeness (QED) is 0.208. The highest BCUT2D eigenvalue weighted by Gasteiger charge is 2.36. The summed E-state index contributed by atoms with van der Waals surface area (Å²) < 4.78 is 32.0. The van der Waals surface area contributed by atoms with Crippen LogP contribution in [-0.4, -0.2) is 26.3 Å². The third-order valence-electron chi connectivity index (χ3n) is 5.02. The van der Waals surface area contributed by atoms with Crippen molar-refractivity contribution in [3.8, 4) is 5.75 Å². The van der Waals surface area contributed by atoms with Crippen molar-refractivity contribution < 1.29 is 27.0 Å². The Labute approximate surface area is 231 Å². The Morgan fingerprint density at radius 1 is 0.889 bits per heavy atom. The summed E-state index contributed by atoms with van der Waals surface area (Å²) in [5.41, 5.74) is 1.27. The summed E-state index contributed by atoms with van der Waals surface area (Å²) in [5.74, 6) is -1.67. The van der Waals surface area contributed by atoms with Crippen molar-refractivity contribution in [2.24, 2.45) is 0 Å². The second-order valence-electron chi connectivity index (χ2n) is 7.60. The Balaban J connectivity index is 1.66. The maximum Gasteiger partial charge on any atom is 0.339 e. The van der Waals surface area contributed by atoms with Crippen molar-refractivity contribution in [2.45, 2.75) is 11.8 Å². The molecule has 0 saturated carbocycles. The van der Waals surface area contributed by atoms with E-state index in [0.29, 0.717) is 5.56 Å². The van der Waals surface area contributed by atoms with Crippen molar-refractivity contribution in [2.75, 3.05) is 4.90 Å². The normalized spacial score (nSPS) is 15.3. The fourth-order valence-corrected chi connectivity index (χ4v) is 6.08. The summed E-state index contributed by atoms with van der Waals surface area (Å²) in [4.78, 5) is 38.8. The molecule has 3 aromatic carbocycles. The molecule has 0 bridgehead atoms. The first-order valence-corrected chi connectivity index (χ1v) is 13.9. The standard InChI is InChI=1S/C24H15Br3N2O6S/c1-13-2-8-17(9-3-13)36(33,34)35-21-19(26)11-14(12-20(21)27)10-18-22(30)28-24(32)29(23(18)31)16-6-4-15(25)5-7-16/h2-12H,1H3,(H,28,30,32)/b18-10+. The van der Waals surface area contributed by atoms with Gasteiger partial charge in [0.25, 0.3) is 11.8 Å². The number of hydrogen-bond acceptors (Lipinski definition) is 6. The van der Waals surface area contributed by atoms with Gasteiger partial charge in [0.1, 0.15) is 10.5 Å². The average molecular weight is 699 g/mol. The van der Waals surface area contributed by atoms with Crippen LogP contribution >= 0.6 is 47.8 Å². The molecule has 0 spiro atoms. The molecule has 1 heterocycles. The van der Waals surface area contributed by atoms with Crippen LogP contribution in [0.2, 0.25) is 0 Å². The molecule has 0 atom stereocenters. The topological polar surface area (TPSA) is 110 Å². The molecule has 0 aliphatic carbocycles. The molecule has 0 radical (unpaired) electrons. The van der Waals surface area contributed by atoms with E-state index in [4.69, 9.17) is 4.18 Å². The summed E-state index contributed by atoms with van der Waals surface area (Å²) >= 11 is 9.88. The number of amides is 4. The summed E-state index contributed by atoms with van der Waals surface area (Å²) in [6, 6.07) is 14.7. The zero-order valence-corrected chi connectivity index (χ0v) is 23.9. The second kappa shape index (κ2) is 10.3. The monoisotopic (exact) mass is 696 g/mol. The molecule has 4 rings (SSSR count). The van der Waals surface area contributed by atoms with Crippen molar-refractivity contribution in [1.82, 2.24) is 5.32 Å². The second-order valence-corrected chi connectivity index (χ2v) is 11.8. The van der Waals surface area contributed by atoms with Crippen LogP contribution in [0.1, 0.15) is 11.1 Å². The summed E-state index contributed by atoms with van der Waals surface area (Å²) in [5, 5.41) is 2.16. The van der Waals surface area contributed by atoms with Gasteiger partial charge in [-0.25, -0.2) is 9.69 Å². The third kappa shape index (κ3) is 5.46. The van der Waals surface area contributed by atoms with E-state index < -0.39 is 28.0 Å². The van der Waals surface area contributed by atoms with Gasteiger partial charge in [-0.15, -0.1) is 0 Å². The Kier molecular flexibility index (Phi) is 7.51.